The number of carbonyl (C=O) groups excluding carboxylic acids is 1. The number of methoxy groups -OCH3 is 1. The molecule has 1 aromatic heterocycles. The Bertz CT molecular complexity index is 834. The van der Waals surface area contributed by atoms with Crippen molar-refractivity contribution in [2.75, 3.05) is 7.11 Å². The van der Waals surface area contributed by atoms with E-state index in [9.17, 15) is 4.79 Å². The highest BCUT2D eigenvalue weighted by Crippen LogP contribution is 2.42. The highest BCUT2D eigenvalue weighted by molar-refractivity contribution is 5.96. The third kappa shape index (κ3) is 2.71. The van der Waals surface area contributed by atoms with Crippen LogP contribution in [-0.4, -0.2) is 23.2 Å². The summed E-state index contributed by atoms with van der Waals surface area (Å²) in [5.74, 6) is 0.234. The van der Waals surface area contributed by atoms with E-state index in [1.54, 1.807) is 6.92 Å². The first-order valence-corrected chi connectivity index (χ1v) is 7.65. The van der Waals surface area contributed by atoms with Crippen LogP contribution >= 0.6 is 0 Å². The summed E-state index contributed by atoms with van der Waals surface area (Å²) in [7, 11) is 1.38. The molecule has 1 aliphatic rings. The highest BCUT2D eigenvalue weighted by Gasteiger charge is 2.36. The monoisotopic (exact) mass is 325 g/mol. The van der Waals surface area contributed by atoms with E-state index >= 15 is 0 Å². The van der Waals surface area contributed by atoms with Gasteiger partial charge < -0.3 is 14.6 Å². The van der Waals surface area contributed by atoms with E-state index in [0.29, 0.717) is 17.3 Å². The number of aryl methyl sites for hydroxylation is 1. The van der Waals surface area contributed by atoms with Gasteiger partial charge in [-0.1, -0.05) is 35.5 Å². The summed E-state index contributed by atoms with van der Waals surface area (Å²) < 4.78 is 10.4. The van der Waals surface area contributed by atoms with Crippen LogP contribution in [0.3, 0.4) is 0 Å². The summed E-state index contributed by atoms with van der Waals surface area (Å²) in [6.45, 7) is 5.56. The van der Waals surface area contributed by atoms with E-state index in [-0.39, 0.29) is 11.9 Å². The van der Waals surface area contributed by atoms with Gasteiger partial charge in [0.05, 0.1) is 18.6 Å². The SMILES string of the molecule is COC(=O)C1=C(C)NC(C)=C(c2nc(C)no2)C1c1ccccc1. The Labute approximate surface area is 140 Å². The van der Waals surface area contributed by atoms with Crippen molar-refractivity contribution in [3.63, 3.8) is 0 Å². The van der Waals surface area contributed by atoms with Crippen LogP contribution in [0.15, 0.2) is 51.8 Å². The average molecular weight is 325 g/mol. The predicted octanol–water partition coefficient (Wildman–Crippen LogP) is 2.94. The van der Waals surface area contributed by atoms with Gasteiger partial charge in [-0.25, -0.2) is 4.79 Å². The number of carbonyl (C=O) groups is 1. The molecule has 124 valence electrons. The van der Waals surface area contributed by atoms with E-state index in [4.69, 9.17) is 9.26 Å². The summed E-state index contributed by atoms with van der Waals surface area (Å²) in [5.41, 5.74) is 3.92. The minimum absolute atomic E-state index is 0.334. The minimum atomic E-state index is -0.380. The van der Waals surface area contributed by atoms with Crippen LogP contribution in [0.4, 0.5) is 0 Å². The number of nitrogens with zero attached hydrogens (tertiary/aromatic N) is 2. The van der Waals surface area contributed by atoms with Crippen molar-refractivity contribution in [3.8, 4) is 0 Å². The number of dihydropyridines is 1. The van der Waals surface area contributed by atoms with Crippen molar-refractivity contribution in [1.29, 1.82) is 0 Å². The number of esters is 1. The first kappa shape index (κ1) is 16.0. The van der Waals surface area contributed by atoms with Crippen LogP contribution in [-0.2, 0) is 9.53 Å². The smallest absolute Gasteiger partial charge is 0.336 e. The van der Waals surface area contributed by atoms with E-state index in [2.05, 4.69) is 15.5 Å². The number of rotatable bonds is 3. The molecule has 0 spiro atoms. The van der Waals surface area contributed by atoms with Gasteiger partial charge in [0, 0.05) is 17.0 Å². The normalized spacial score (nSPS) is 17.8. The lowest BCUT2D eigenvalue weighted by Gasteiger charge is -2.29. The summed E-state index contributed by atoms with van der Waals surface area (Å²) in [6.07, 6.45) is 0. The molecule has 24 heavy (non-hydrogen) atoms. The zero-order valence-corrected chi connectivity index (χ0v) is 14.1. The zero-order chi connectivity index (χ0) is 17.3. The quantitative estimate of drug-likeness (QED) is 0.874. The lowest BCUT2D eigenvalue weighted by molar-refractivity contribution is -0.136. The van der Waals surface area contributed by atoms with E-state index < -0.39 is 0 Å². The Morgan fingerprint density at radius 3 is 2.46 bits per heavy atom. The van der Waals surface area contributed by atoms with Crippen molar-refractivity contribution < 1.29 is 14.1 Å². The molecule has 0 fully saturated rings. The number of benzene rings is 1. The van der Waals surface area contributed by atoms with Gasteiger partial charge in [-0.05, 0) is 26.3 Å². The topological polar surface area (TPSA) is 77.2 Å². The average Bonchev–Trinajstić information content (AvgIpc) is 3.00. The molecule has 2 aromatic rings. The summed E-state index contributed by atoms with van der Waals surface area (Å²) in [6, 6.07) is 9.76. The van der Waals surface area contributed by atoms with Crippen LogP contribution in [0.2, 0.25) is 0 Å². The van der Waals surface area contributed by atoms with E-state index in [0.717, 1.165) is 22.5 Å². The molecule has 1 N–H and O–H groups in total. The lowest BCUT2D eigenvalue weighted by Crippen LogP contribution is -2.28. The second kappa shape index (κ2) is 6.31. The van der Waals surface area contributed by atoms with Gasteiger partial charge in [-0.3, -0.25) is 0 Å². The summed E-state index contributed by atoms with van der Waals surface area (Å²) in [5, 5.41) is 7.12. The Morgan fingerprint density at radius 2 is 1.88 bits per heavy atom. The molecule has 0 saturated heterocycles. The fourth-order valence-electron chi connectivity index (χ4n) is 3.04. The van der Waals surface area contributed by atoms with Crippen LogP contribution < -0.4 is 5.32 Å². The van der Waals surface area contributed by atoms with Crippen molar-refractivity contribution in [3.05, 3.63) is 64.6 Å². The lowest BCUT2D eigenvalue weighted by atomic mass is 9.80. The van der Waals surface area contributed by atoms with E-state index in [1.807, 2.05) is 44.2 Å². The maximum absolute atomic E-state index is 12.4. The fraction of sp³-hybridized carbons (Fsp3) is 0.278. The second-order valence-corrected chi connectivity index (χ2v) is 5.68. The number of hydrogen-bond acceptors (Lipinski definition) is 6. The number of allylic oxidation sites excluding steroid dienone is 3. The van der Waals surface area contributed by atoms with Crippen molar-refractivity contribution in [2.24, 2.45) is 0 Å². The van der Waals surface area contributed by atoms with E-state index in [1.165, 1.54) is 7.11 Å². The van der Waals surface area contributed by atoms with Crippen LogP contribution in [0, 0.1) is 6.92 Å². The largest absolute Gasteiger partial charge is 0.466 e. The Kier molecular flexibility index (Phi) is 4.20. The summed E-state index contributed by atoms with van der Waals surface area (Å²) >= 11 is 0. The molecule has 1 aromatic carbocycles. The third-order valence-electron chi connectivity index (χ3n) is 4.06. The third-order valence-corrected chi connectivity index (χ3v) is 4.06. The second-order valence-electron chi connectivity index (χ2n) is 5.68. The first-order chi connectivity index (χ1) is 11.5. The van der Waals surface area contributed by atoms with Gasteiger partial charge >= 0.3 is 5.97 Å². The molecule has 1 aliphatic heterocycles. The molecule has 0 amide bonds. The van der Waals surface area contributed by atoms with Crippen molar-refractivity contribution >= 4 is 11.5 Å². The number of nitrogens with one attached hydrogen (secondary N) is 1. The summed E-state index contributed by atoms with van der Waals surface area (Å²) in [4.78, 5) is 16.8. The highest BCUT2D eigenvalue weighted by atomic mass is 16.5. The Balaban J connectivity index is 2.22. The Morgan fingerprint density at radius 1 is 1.17 bits per heavy atom. The van der Waals surface area contributed by atoms with Crippen LogP contribution in [0.1, 0.15) is 37.0 Å². The fourth-order valence-corrected chi connectivity index (χ4v) is 3.04. The molecule has 0 radical (unpaired) electrons. The zero-order valence-electron chi connectivity index (χ0n) is 14.1. The molecule has 1 atom stereocenters. The molecule has 6 nitrogen and oxygen atoms in total. The molecule has 0 bridgehead atoms. The molecule has 1 unspecified atom stereocenters. The number of hydrogen-bond donors (Lipinski definition) is 1. The Hall–Kier alpha value is -2.89. The van der Waals surface area contributed by atoms with Gasteiger partial charge in [0.25, 0.3) is 5.89 Å². The number of ether oxygens (including phenoxy) is 1. The van der Waals surface area contributed by atoms with Gasteiger partial charge in [-0.15, -0.1) is 0 Å². The minimum Gasteiger partial charge on any atom is -0.466 e. The van der Waals surface area contributed by atoms with Gasteiger partial charge in [0.2, 0.25) is 0 Å². The van der Waals surface area contributed by atoms with Gasteiger partial charge in [0.1, 0.15) is 0 Å². The molecule has 0 aliphatic carbocycles. The number of aromatic nitrogens is 2. The molecular weight excluding hydrogens is 306 g/mol. The standard InChI is InChI=1S/C18H19N3O3/c1-10-14(17-20-12(3)21-24-17)16(13-8-6-5-7-9-13)15(11(2)19-10)18(22)23-4/h5-9,16,19H,1-4H3. The molecule has 0 saturated carbocycles. The van der Waals surface area contributed by atoms with Gasteiger partial charge in [-0.2, -0.15) is 4.98 Å². The molecule has 3 rings (SSSR count). The molecular formula is C18H19N3O3. The van der Waals surface area contributed by atoms with Crippen molar-refractivity contribution in [1.82, 2.24) is 15.5 Å². The first-order valence-electron chi connectivity index (χ1n) is 7.65. The maximum atomic E-state index is 12.4. The predicted molar refractivity (Wildman–Crippen MR) is 88.7 cm³/mol. The maximum Gasteiger partial charge on any atom is 0.336 e. The van der Waals surface area contributed by atoms with Crippen LogP contribution in [0.25, 0.3) is 5.57 Å². The van der Waals surface area contributed by atoms with Gasteiger partial charge in [0.15, 0.2) is 5.82 Å². The molecule has 2 heterocycles. The van der Waals surface area contributed by atoms with Crippen molar-refractivity contribution in [2.45, 2.75) is 26.7 Å². The van der Waals surface area contributed by atoms with Crippen LogP contribution in [0.5, 0.6) is 0 Å². The molecule has 6 heteroatoms.